The maximum atomic E-state index is 11.7. The summed E-state index contributed by atoms with van der Waals surface area (Å²) in [4.78, 5) is 23.2. The third kappa shape index (κ3) is 4.20. The van der Waals surface area contributed by atoms with Crippen LogP contribution in [-0.2, 0) is 9.59 Å². The molecule has 0 aliphatic heterocycles. The molecule has 0 radical (unpaired) electrons. The topological polar surface area (TPSA) is 92.4 Å². The Bertz CT molecular complexity index is 450. The number of carboxylic acids is 1. The van der Waals surface area contributed by atoms with Crippen molar-refractivity contribution in [3.63, 3.8) is 0 Å². The second kappa shape index (κ2) is 6.79. The van der Waals surface area contributed by atoms with Gasteiger partial charge in [-0.3, -0.25) is 9.59 Å². The van der Waals surface area contributed by atoms with E-state index in [1.807, 2.05) is 5.38 Å². The van der Waals surface area contributed by atoms with E-state index < -0.39 is 24.0 Å². The molecule has 6 heteroatoms. The molecule has 0 aliphatic rings. The Labute approximate surface area is 109 Å². The second-order valence-electron chi connectivity index (χ2n) is 3.69. The van der Waals surface area contributed by atoms with Gasteiger partial charge in [0.15, 0.2) is 0 Å². The number of amides is 1. The van der Waals surface area contributed by atoms with Gasteiger partial charge in [-0.05, 0) is 11.4 Å². The third-order valence-electron chi connectivity index (χ3n) is 2.26. The zero-order chi connectivity index (χ0) is 13.5. The van der Waals surface area contributed by atoms with E-state index in [9.17, 15) is 9.59 Å². The van der Waals surface area contributed by atoms with Gasteiger partial charge in [0.05, 0.1) is 18.5 Å². The molecule has 0 aliphatic carbocycles. The number of terminal acetylenes is 1. The van der Waals surface area contributed by atoms with Crippen LogP contribution < -0.4 is 11.1 Å². The first-order valence-electron chi connectivity index (χ1n) is 5.29. The normalized spacial score (nSPS) is 13.3. The number of nitrogens with two attached hydrogens (primary N) is 1. The Kier molecular flexibility index (Phi) is 5.36. The number of carbonyl (C=O) groups excluding carboxylic acids is 1. The molecule has 18 heavy (non-hydrogen) atoms. The Morgan fingerprint density at radius 1 is 1.61 bits per heavy atom. The Balaban J connectivity index is 2.71. The molecule has 1 aromatic rings. The monoisotopic (exact) mass is 266 g/mol. The van der Waals surface area contributed by atoms with Gasteiger partial charge in [-0.15, -0.1) is 23.7 Å². The molecule has 1 aromatic heterocycles. The number of thiophene rings is 1. The van der Waals surface area contributed by atoms with Crippen molar-refractivity contribution in [2.45, 2.75) is 24.9 Å². The maximum absolute atomic E-state index is 11.7. The largest absolute Gasteiger partial charge is 0.481 e. The molecule has 96 valence electrons. The quantitative estimate of drug-likeness (QED) is 0.662. The number of aliphatic carboxylic acids is 1. The van der Waals surface area contributed by atoms with Gasteiger partial charge in [0.1, 0.15) is 0 Å². The first kappa shape index (κ1) is 14.2. The minimum Gasteiger partial charge on any atom is -0.481 e. The molecule has 0 saturated carbocycles. The summed E-state index contributed by atoms with van der Waals surface area (Å²) in [6.45, 7) is 0. The Hall–Kier alpha value is -1.84. The standard InChI is InChI=1S/C12H14N2O3S/c1-2-4-8(13)12(17)14-9(7-11(15)16)10-5-3-6-18-10/h1,3,5-6,8-9H,4,7,13H2,(H,14,17)(H,15,16). The van der Waals surface area contributed by atoms with Crippen LogP contribution in [0.3, 0.4) is 0 Å². The van der Waals surface area contributed by atoms with Crippen molar-refractivity contribution < 1.29 is 14.7 Å². The molecule has 0 bridgehead atoms. The number of rotatable bonds is 6. The van der Waals surface area contributed by atoms with E-state index in [0.29, 0.717) is 0 Å². The average Bonchev–Trinajstić information content (AvgIpc) is 2.81. The number of nitrogens with one attached hydrogen (secondary N) is 1. The van der Waals surface area contributed by atoms with Gasteiger partial charge in [0.25, 0.3) is 0 Å². The molecule has 1 rings (SSSR count). The smallest absolute Gasteiger partial charge is 0.305 e. The number of carbonyl (C=O) groups is 2. The average molecular weight is 266 g/mol. The predicted octanol–water partition coefficient (Wildman–Crippen LogP) is 0.731. The molecule has 0 saturated heterocycles. The van der Waals surface area contributed by atoms with Crippen LogP contribution in [0.4, 0.5) is 0 Å². The van der Waals surface area contributed by atoms with E-state index >= 15 is 0 Å². The van der Waals surface area contributed by atoms with Gasteiger partial charge in [-0.25, -0.2) is 0 Å². The summed E-state index contributed by atoms with van der Waals surface area (Å²) in [6, 6.07) is 2.18. The van der Waals surface area contributed by atoms with Gasteiger partial charge in [0.2, 0.25) is 5.91 Å². The van der Waals surface area contributed by atoms with Crippen molar-refractivity contribution >= 4 is 23.2 Å². The molecular formula is C12H14N2O3S. The van der Waals surface area contributed by atoms with Crippen LogP contribution in [0.15, 0.2) is 17.5 Å². The highest BCUT2D eigenvalue weighted by Crippen LogP contribution is 2.22. The summed E-state index contributed by atoms with van der Waals surface area (Å²) < 4.78 is 0. The van der Waals surface area contributed by atoms with Crippen molar-refractivity contribution in [3.05, 3.63) is 22.4 Å². The lowest BCUT2D eigenvalue weighted by Crippen LogP contribution is -2.42. The molecule has 4 N–H and O–H groups in total. The number of hydrogen-bond acceptors (Lipinski definition) is 4. The lowest BCUT2D eigenvalue weighted by Gasteiger charge is -2.17. The summed E-state index contributed by atoms with van der Waals surface area (Å²) in [5.41, 5.74) is 5.56. The summed E-state index contributed by atoms with van der Waals surface area (Å²) in [7, 11) is 0. The second-order valence-corrected chi connectivity index (χ2v) is 4.67. The summed E-state index contributed by atoms with van der Waals surface area (Å²) in [5.74, 6) is 0.873. The fourth-order valence-corrected chi connectivity index (χ4v) is 2.16. The van der Waals surface area contributed by atoms with Gasteiger partial charge >= 0.3 is 5.97 Å². The van der Waals surface area contributed by atoms with Gasteiger partial charge < -0.3 is 16.2 Å². The van der Waals surface area contributed by atoms with Gasteiger partial charge in [-0.1, -0.05) is 6.07 Å². The molecule has 2 atom stereocenters. The van der Waals surface area contributed by atoms with E-state index in [1.165, 1.54) is 11.3 Å². The first-order valence-corrected chi connectivity index (χ1v) is 6.17. The predicted molar refractivity (Wildman–Crippen MR) is 68.9 cm³/mol. The molecule has 0 spiro atoms. The van der Waals surface area contributed by atoms with Crippen molar-refractivity contribution in [2.24, 2.45) is 5.73 Å². The fourth-order valence-electron chi connectivity index (χ4n) is 1.39. The maximum Gasteiger partial charge on any atom is 0.305 e. The zero-order valence-corrected chi connectivity index (χ0v) is 10.4. The van der Waals surface area contributed by atoms with Crippen LogP contribution in [0, 0.1) is 12.3 Å². The summed E-state index contributed by atoms with van der Waals surface area (Å²) >= 11 is 1.38. The molecule has 0 aromatic carbocycles. The van der Waals surface area contributed by atoms with E-state index in [1.54, 1.807) is 12.1 Å². The van der Waals surface area contributed by atoms with Crippen LogP contribution in [0.5, 0.6) is 0 Å². The number of hydrogen-bond donors (Lipinski definition) is 3. The fraction of sp³-hybridized carbons (Fsp3) is 0.333. The molecule has 5 nitrogen and oxygen atoms in total. The van der Waals surface area contributed by atoms with Crippen LogP contribution in [0.25, 0.3) is 0 Å². The third-order valence-corrected chi connectivity index (χ3v) is 3.24. The van der Waals surface area contributed by atoms with E-state index in [0.717, 1.165) is 4.88 Å². The summed E-state index contributed by atoms with van der Waals surface area (Å²) in [5, 5.41) is 13.2. The highest BCUT2D eigenvalue weighted by Gasteiger charge is 2.21. The van der Waals surface area contributed by atoms with E-state index in [-0.39, 0.29) is 12.8 Å². The van der Waals surface area contributed by atoms with Crippen LogP contribution in [0.1, 0.15) is 23.8 Å². The van der Waals surface area contributed by atoms with Crippen LogP contribution >= 0.6 is 11.3 Å². The number of carboxylic acid groups (broad SMARTS) is 1. The lowest BCUT2D eigenvalue weighted by molar-refractivity contribution is -0.137. The SMILES string of the molecule is C#CCC(N)C(=O)NC(CC(=O)O)c1cccs1. The zero-order valence-electron chi connectivity index (χ0n) is 9.63. The molecular weight excluding hydrogens is 252 g/mol. The van der Waals surface area contributed by atoms with Crippen LogP contribution in [0.2, 0.25) is 0 Å². The van der Waals surface area contributed by atoms with E-state index in [2.05, 4.69) is 11.2 Å². The lowest BCUT2D eigenvalue weighted by atomic mass is 10.1. The summed E-state index contributed by atoms with van der Waals surface area (Å²) in [6.07, 6.45) is 5.01. The van der Waals surface area contributed by atoms with E-state index in [4.69, 9.17) is 17.3 Å². The van der Waals surface area contributed by atoms with Crippen molar-refractivity contribution in [2.75, 3.05) is 0 Å². The molecule has 2 unspecified atom stereocenters. The van der Waals surface area contributed by atoms with Crippen molar-refractivity contribution in [1.29, 1.82) is 0 Å². The Morgan fingerprint density at radius 3 is 2.83 bits per heavy atom. The van der Waals surface area contributed by atoms with Crippen molar-refractivity contribution in [1.82, 2.24) is 5.32 Å². The first-order chi connectivity index (χ1) is 8.54. The highest BCUT2D eigenvalue weighted by molar-refractivity contribution is 7.10. The Morgan fingerprint density at radius 2 is 2.33 bits per heavy atom. The van der Waals surface area contributed by atoms with Gasteiger partial charge in [0, 0.05) is 11.3 Å². The molecule has 0 fully saturated rings. The minimum absolute atomic E-state index is 0.121. The van der Waals surface area contributed by atoms with Crippen molar-refractivity contribution in [3.8, 4) is 12.3 Å². The molecule has 1 heterocycles. The van der Waals surface area contributed by atoms with Gasteiger partial charge in [-0.2, -0.15) is 0 Å². The molecule has 1 amide bonds. The highest BCUT2D eigenvalue weighted by atomic mass is 32.1. The minimum atomic E-state index is -0.987. The van der Waals surface area contributed by atoms with Crippen LogP contribution in [-0.4, -0.2) is 23.0 Å².